The lowest BCUT2D eigenvalue weighted by Gasteiger charge is -2.39. The number of Topliss-reactive ketones (excluding diaryl/α,β-unsaturated/α-hetero) is 1. The Balaban J connectivity index is 1.32. The Bertz CT molecular complexity index is 680. The fourth-order valence-corrected chi connectivity index (χ4v) is 5.74. The van der Waals surface area contributed by atoms with Gasteiger partial charge in [0.05, 0.1) is 11.4 Å². The first-order valence-corrected chi connectivity index (χ1v) is 11.4. The maximum atomic E-state index is 12.9. The molecule has 1 amide bonds. The van der Waals surface area contributed by atoms with Crippen LogP contribution in [0.2, 0.25) is 0 Å². The summed E-state index contributed by atoms with van der Waals surface area (Å²) in [6.07, 6.45) is 4.76. The molecule has 1 aromatic rings. The van der Waals surface area contributed by atoms with Gasteiger partial charge in [-0.25, -0.2) is 0 Å². The molecule has 2 atom stereocenters. The maximum Gasteiger partial charge on any atom is 0.223 e. The van der Waals surface area contributed by atoms with Gasteiger partial charge in [-0.3, -0.25) is 9.59 Å². The normalized spacial score (nSPS) is 26.2. The van der Waals surface area contributed by atoms with Crippen LogP contribution in [0.15, 0.2) is 30.3 Å². The summed E-state index contributed by atoms with van der Waals surface area (Å²) >= 11 is 1.67. The van der Waals surface area contributed by atoms with Crippen LogP contribution in [0.3, 0.4) is 0 Å². The second-order valence-corrected chi connectivity index (χ2v) is 9.58. The highest BCUT2D eigenvalue weighted by atomic mass is 32.2. The molecule has 1 aromatic carbocycles. The van der Waals surface area contributed by atoms with E-state index in [4.69, 9.17) is 0 Å². The molecule has 1 N–H and O–H groups in total. The van der Waals surface area contributed by atoms with Crippen molar-refractivity contribution in [1.82, 2.24) is 4.90 Å². The summed E-state index contributed by atoms with van der Waals surface area (Å²) in [5.74, 6) is 2.89. The number of nitrogens with zero attached hydrogens (tertiary/aromatic N) is 1. The van der Waals surface area contributed by atoms with Crippen molar-refractivity contribution < 1.29 is 14.7 Å². The predicted octanol–water partition coefficient (Wildman–Crippen LogP) is 3.25. The highest BCUT2D eigenvalue weighted by Gasteiger charge is 2.40. The lowest BCUT2D eigenvalue weighted by Crippen LogP contribution is -2.48. The van der Waals surface area contributed by atoms with Crippen molar-refractivity contribution in [3.8, 4) is 0 Å². The Kier molecular flexibility index (Phi) is 5.60. The molecule has 0 spiro atoms. The van der Waals surface area contributed by atoms with Crippen molar-refractivity contribution >= 4 is 23.5 Å². The minimum Gasteiger partial charge on any atom is -0.390 e. The number of thioether (sulfide) groups is 1. The Hall–Kier alpha value is -1.33. The van der Waals surface area contributed by atoms with E-state index in [1.165, 1.54) is 18.4 Å². The summed E-state index contributed by atoms with van der Waals surface area (Å²) in [6.45, 7) is 1.21. The Morgan fingerprint density at radius 2 is 1.93 bits per heavy atom. The van der Waals surface area contributed by atoms with Crippen LogP contribution in [0.4, 0.5) is 0 Å². The van der Waals surface area contributed by atoms with Crippen LogP contribution in [0.1, 0.15) is 50.0 Å². The summed E-state index contributed by atoms with van der Waals surface area (Å²) in [6, 6.07) is 10.4. The lowest BCUT2D eigenvalue weighted by atomic mass is 9.82. The van der Waals surface area contributed by atoms with Gasteiger partial charge in [0, 0.05) is 31.2 Å². The highest BCUT2D eigenvalue weighted by Crippen LogP contribution is 2.45. The van der Waals surface area contributed by atoms with Crippen molar-refractivity contribution in [3.05, 3.63) is 35.9 Å². The smallest absolute Gasteiger partial charge is 0.223 e. The molecule has 2 aliphatic heterocycles. The molecular weight excluding hydrogens is 358 g/mol. The van der Waals surface area contributed by atoms with Crippen LogP contribution in [0.5, 0.6) is 0 Å². The average Bonchev–Trinajstić information content (AvgIpc) is 3.44. The van der Waals surface area contributed by atoms with Crippen LogP contribution in [-0.2, 0) is 9.59 Å². The number of rotatable bonds is 6. The van der Waals surface area contributed by atoms with Gasteiger partial charge in [-0.1, -0.05) is 30.3 Å². The first-order valence-electron chi connectivity index (χ1n) is 10.2. The zero-order chi connectivity index (χ0) is 18.9. The van der Waals surface area contributed by atoms with Crippen molar-refractivity contribution in [2.75, 3.05) is 24.6 Å². The number of amides is 1. The van der Waals surface area contributed by atoms with E-state index in [2.05, 4.69) is 24.3 Å². The van der Waals surface area contributed by atoms with Crippen molar-refractivity contribution in [3.63, 3.8) is 0 Å². The fraction of sp³-hybridized carbons (Fsp3) is 0.636. The van der Waals surface area contributed by atoms with Gasteiger partial charge < -0.3 is 10.0 Å². The standard InChI is InChI=1S/C22H29NO3S/c24-20-15-27-14-18(20)13-22(26)8-10-23(11-9-22)21(25)12-19(17-6-7-17)16-4-2-1-3-5-16/h1-5,17-19,26H,6-15H2. The van der Waals surface area contributed by atoms with Gasteiger partial charge >= 0.3 is 0 Å². The molecule has 27 heavy (non-hydrogen) atoms. The van der Waals surface area contributed by atoms with E-state index in [1.807, 2.05) is 11.0 Å². The first kappa shape index (κ1) is 19.0. The van der Waals surface area contributed by atoms with Crippen LogP contribution in [0.25, 0.3) is 0 Å². The number of aliphatic hydroxyl groups is 1. The van der Waals surface area contributed by atoms with Gasteiger partial charge in [0.25, 0.3) is 0 Å². The number of hydrogen-bond donors (Lipinski definition) is 1. The van der Waals surface area contributed by atoms with Gasteiger partial charge in [0.15, 0.2) is 0 Å². The Morgan fingerprint density at radius 3 is 2.52 bits per heavy atom. The maximum absolute atomic E-state index is 12.9. The second kappa shape index (κ2) is 7.96. The van der Waals surface area contributed by atoms with Gasteiger partial charge in [0.1, 0.15) is 5.78 Å². The zero-order valence-corrected chi connectivity index (χ0v) is 16.6. The number of carbonyl (C=O) groups is 2. The third kappa shape index (κ3) is 4.57. The molecule has 2 saturated heterocycles. The average molecular weight is 388 g/mol. The van der Waals surface area contributed by atoms with Crippen LogP contribution < -0.4 is 0 Å². The van der Waals surface area contributed by atoms with E-state index >= 15 is 0 Å². The zero-order valence-electron chi connectivity index (χ0n) is 15.8. The summed E-state index contributed by atoms with van der Waals surface area (Å²) in [4.78, 5) is 26.7. The fourth-order valence-electron chi connectivity index (χ4n) is 4.59. The molecule has 3 aliphatic rings. The number of likely N-dealkylation sites (tertiary alicyclic amines) is 1. The summed E-state index contributed by atoms with van der Waals surface area (Å²) in [5.41, 5.74) is 0.497. The van der Waals surface area contributed by atoms with Gasteiger partial charge in [-0.15, -0.1) is 0 Å². The molecule has 1 saturated carbocycles. The number of piperidine rings is 1. The number of benzene rings is 1. The second-order valence-electron chi connectivity index (χ2n) is 8.55. The molecular formula is C22H29NO3S. The molecule has 4 nitrogen and oxygen atoms in total. The van der Waals surface area contributed by atoms with Crippen molar-refractivity contribution in [2.45, 2.75) is 50.0 Å². The van der Waals surface area contributed by atoms with E-state index in [-0.39, 0.29) is 17.6 Å². The molecule has 3 fully saturated rings. The monoisotopic (exact) mass is 387 g/mol. The number of hydrogen-bond acceptors (Lipinski definition) is 4. The lowest BCUT2D eigenvalue weighted by molar-refractivity contribution is -0.137. The van der Waals surface area contributed by atoms with Crippen molar-refractivity contribution in [2.24, 2.45) is 11.8 Å². The highest BCUT2D eigenvalue weighted by molar-refractivity contribution is 8.00. The van der Waals surface area contributed by atoms with Crippen molar-refractivity contribution in [1.29, 1.82) is 0 Å². The number of ketones is 1. The number of carbonyl (C=O) groups excluding carboxylic acids is 2. The summed E-state index contributed by atoms with van der Waals surface area (Å²) in [5, 5.41) is 10.9. The molecule has 0 bridgehead atoms. The molecule has 146 valence electrons. The van der Waals surface area contributed by atoms with Crippen LogP contribution in [-0.4, -0.2) is 51.9 Å². The Labute approximate surface area is 165 Å². The molecule has 2 unspecified atom stereocenters. The van der Waals surface area contributed by atoms with Gasteiger partial charge in [0.2, 0.25) is 5.91 Å². The topological polar surface area (TPSA) is 57.6 Å². The molecule has 0 aromatic heterocycles. The van der Waals surface area contributed by atoms with Crippen LogP contribution >= 0.6 is 11.8 Å². The minimum absolute atomic E-state index is 0.000390. The van der Waals surface area contributed by atoms with E-state index in [0.717, 1.165) is 5.75 Å². The minimum atomic E-state index is -0.780. The van der Waals surface area contributed by atoms with Gasteiger partial charge in [-0.05, 0) is 49.5 Å². The van der Waals surface area contributed by atoms with Crippen LogP contribution in [0, 0.1) is 11.8 Å². The quantitative estimate of drug-likeness (QED) is 0.814. The molecule has 2 heterocycles. The van der Waals surface area contributed by atoms with E-state index < -0.39 is 5.60 Å². The third-order valence-electron chi connectivity index (χ3n) is 6.51. The summed E-state index contributed by atoms with van der Waals surface area (Å²) < 4.78 is 0. The van der Waals surface area contributed by atoms with E-state index in [0.29, 0.717) is 56.4 Å². The van der Waals surface area contributed by atoms with E-state index in [1.54, 1.807) is 11.8 Å². The predicted molar refractivity (Wildman–Crippen MR) is 108 cm³/mol. The molecule has 1 aliphatic carbocycles. The molecule has 0 radical (unpaired) electrons. The van der Waals surface area contributed by atoms with E-state index in [9.17, 15) is 14.7 Å². The SMILES string of the molecule is O=C1CSCC1CC1(O)CCN(C(=O)CC(c2ccccc2)C2CC2)CC1. The molecule has 4 rings (SSSR count). The first-order chi connectivity index (χ1) is 13.0. The summed E-state index contributed by atoms with van der Waals surface area (Å²) in [7, 11) is 0. The molecule has 5 heteroatoms. The largest absolute Gasteiger partial charge is 0.390 e. The van der Waals surface area contributed by atoms with Gasteiger partial charge in [-0.2, -0.15) is 11.8 Å². The third-order valence-corrected chi connectivity index (χ3v) is 7.63. The Morgan fingerprint density at radius 1 is 1.22 bits per heavy atom.